The first-order valence-corrected chi connectivity index (χ1v) is 13.0. The highest BCUT2D eigenvalue weighted by molar-refractivity contribution is 7.88. The van der Waals surface area contributed by atoms with E-state index >= 15 is 0 Å². The third-order valence-electron chi connectivity index (χ3n) is 5.83. The molecule has 0 aliphatic carbocycles. The monoisotopic (exact) mass is 495 g/mol. The maximum absolute atomic E-state index is 12.3. The molecule has 35 heavy (non-hydrogen) atoms. The first-order chi connectivity index (χ1) is 16.9. The van der Waals surface area contributed by atoms with E-state index in [-0.39, 0.29) is 19.1 Å². The smallest absolute Gasteiger partial charge is 0.323 e. The van der Waals surface area contributed by atoms with Gasteiger partial charge in [-0.25, -0.2) is 23.2 Å². The molecule has 2 aliphatic heterocycles. The van der Waals surface area contributed by atoms with Crippen LogP contribution in [0.25, 0.3) is 11.4 Å². The first-order valence-electron chi connectivity index (χ1n) is 11.1. The number of carbonyl (C=O) groups is 1. The zero-order valence-electron chi connectivity index (χ0n) is 19.1. The zero-order chi connectivity index (χ0) is 24.4. The maximum atomic E-state index is 12.3. The summed E-state index contributed by atoms with van der Waals surface area (Å²) in [7, 11) is -3.36. The molecule has 1 saturated heterocycles. The Morgan fingerprint density at radius 1 is 1.00 bits per heavy atom. The Balaban J connectivity index is 1.39. The number of anilines is 3. The number of hydrogen-bond donors (Lipinski definition) is 2. The fraction of sp³-hybridized carbons (Fsp3) is 0.304. The Kier molecular flexibility index (Phi) is 6.32. The van der Waals surface area contributed by atoms with Crippen LogP contribution in [0.15, 0.2) is 48.8 Å². The van der Waals surface area contributed by atoms with E-state index in [1.165, 1.54) is 10.6 Å². The van der Waals surface area contributed by atoms with E-state index in [9.17, 15) is 13.2 Å². The SMILES string of the molecule is CS(=O)(=O)N1Cc2nc(-c3ccc(NC(=O)Nc4cccnc4)cc3)nc(N3CCOCC3)c2C1. The van der Waals surface area contributed by atoms with E-state index in [4.69, 9.17) is 14.7 Å². The Bertz CT molecular complexity index is 1330. The highest BCUT2D eigenvalue weighted by Crippen LogP contribution is 2.33. The van der Waals surface area contributed by atoms with Gasteiger partial charge in [0.1, 0.15) is 5.82 Å². The second-order valence-corrected chi connectivity index (χ2v) is 10.3. The minimum atomic E-state index is -3.36. The number of amides is 2. The predicted octanol–water partition coefficient (Wildman–Crippen LogP) is 2.29. The molecule has 0 atom stereocenters. The molecule has 1 aromatic carbocycles. The third kappa shape index (κ3) is 5.24. The van der Waals surface area contributed by atoms with Crippen LogP contribution in [0.5, 0.6) is 0 Å². The Morgan fingerprint density at radius 2 is 1.74 bits per heavy atom. The molecular weight excluding hydrogens is 470 g/mol. The molecule has 0 radical (unpaired) electrons. The number of pyridine rings is 1. The molecule has 0 saturated carbocycles. The number of ether oxygens (including phenoxy) is 1. The molecule has 3 aromatic rings. The number of carbonyl (C=O) groups excluding carboxylic acids is 1. The van der Waals surface area contributed by atoms with Crippen LogP contribution >= 0.6 is 0 Å². The summed E-state index contributed by atoms with van der Waals surface area (Å²) in [5.41, 5.74) is 3.50. The number of urea groups is 1. The van der Waals surface area contributed by atoms with Gasteiger partial charge in [0, 0.05) is 42.6 Å². The first kappa shape index (κ1) is 23.1. The van der Waals surface area contributed by atoms with Crippen molar-refractivity contribution in [2.24, 2.45) is 0 Å². The molecule has 2 aliphatic rings. The topological polar surface area (TPSA) is 130 Å². The number of nitrogens with one attached hydrogen (secondary N) is 2. The van der Waals surface area contributed by atoms with Gasteiger partial charge < -0.3 is 20.3 Å². The standard InChI is InChI=1S/C23H25N7O4S/c1-35(32,33)30-14-19-20(15-30)27-21(28-22(19)29-9-11-34-12-10-29)16-4-6-17(7-5-16)25-23(31)26-18-3-2-8-24-13-18/h2-8,13H,9-12,14-15H2,1H3,(H2,25,26,31). The number of nitrogens with zero attached hydrogens (tertiary/aromatic N) is 5. The molecule has 1 fully saturated rings. The van der Waals surface area contributed by atoms with E-state index < -0.39 is 10.0 Å². The lowest BCUT2D eigenvalue weighted by molar-refractivity contribution is 0.122. The van der Waals surface area contributed by atoms with E-state index in [2.05, 4.69) is 20.5 Å². The van der Waals surface area contributed by atoms with Crippen molar-refractivity contribution in [1.82, 2.24) is 19.3 Å². The highest BCUT2D eigenvalue weighted by Gasteiger charge is 2.32. The predicted molar refractivity (Wildman–Crippen MR) is 131 cm³/mol. The molecule has 0 spiro atoms. The van der Waals surface area contributed by atoms with Gasteiger partial charge in [-0.15, -0.1) is 0 Å². The van der Waals surface area contributed by atoms with Crippen molar-refractivity contribution in [3.05, 3.63) is 60.0 Å². The average Bonchev–Trinajstić information content (AvgIpc) is 3.30. The van der Waals surface area contributed by atoms with Crippen molar-refractivity contribution >= 4 is 33.2 Å². The lowest BCUT2D eigenvalue weighted by Gasteiger charge is -2.29. The van der Waals surface area contributed by atoms with Crippen molar-refractivity contribution in [2.75, 3.05) is 48.1 Å². The largest absolute Gasteiger partial charge is 0.378 e. The number of morpholine rings is 1. The minimum absolute atomic E-state index is 0.217. The summed E-state index contributed by atoms with van der Waals surface area (Å²) in [5, 5.41) is 5.50. The van der Waals surface area contributed by atoms with E-state index in [1.54, 1.807) is 36.7 Å². The summed E-state index contributed by atoms with van der Waals surface area (Å²) in [6, 6.07) is 10.3. The Labute approximate surface area is 203 Å². The maximum Gasteiger partial charge on any atom is 0.323 e. The highest BCUT2D eigenvalue weighted by atomic mass is 32.2. The normalized spacial score (nSPS) is 16.1. The van der Waals surface area contributed by atoms with Gasteiger partial charge >= 0.3 is 6.03 Å². The van der Waals surface area contributed by atoms with Crippen LogP contribution in [0.2, 0.25) is 0 Å². The summed E-state index contributed by atoms with van der Waals surface area (Å²) in [6.07, 6.45) is 4.40. The number of aromatic nitrogens is 3. The van der Waals surface area contributed by atoms with Crippen molar-refractivity contribution in [1.29, 1.82) is 0 Å². The number of sulfonamides is 1. The van der Waals surface area contributed by atoms with Crippen LogP contribution in [0.4, 0.5) is 22.0 Å². The van der Waals surface area contributed by atoms with Crippen molar-refractivity contribution in [3.63, 3.8) is 0 Å². The Morgan fingerprint density at radius 3 is 2.43 bits per heavy atom. The van der Waals surface area contributed by atoms with Crippen LogP contribution in [-0.2, 0) is 27.8 Å². The van der Waals surface area contributed by atoms with Gasteiger partial charge in [0.25, 0.3) is 0 Å². The fourth-order valence-corrected chi connectivity index (χ4v) is 4.76. The molecule has 2 amide bonds. The minimum Gasteiger partial charge on any atom is -0.378 e. The molecule has 5 rings (SSSR count). The van der Waals surface area contributed by atoms with Crippen molar-refractivity contribution in [3.8, 4) is 11.4 Å². The van der Waals surface area contributed by atoms with Crippen LogP contribution < -0.4 is 15.5 Å². The number of hydrogen-bond acceptors (Lipinski definition) is 8. The molecule has 11 nitrogen and oxygen atoms in total. The van der Waals surface area contributed by atoms with Gasteiger partial charge in [-0.3, -0.25) is 4.98 Å². The Hall–Kier alpha value is -3.61. The lowest BCUT2D eigenvalue weighted by atomic mass is 10.1. The van der Waals surface area contributed by atoms with E-state index in [0.29, 0.717) is 49.2 Å². The van der Waals surface area contributed by atoms with Gasteiger partial charge in [0.2, 0.25) is 10.0 Å². The number of rotatable bonds is 5. The summed E-state index contributed by atoms with van der Waals surface area (Å²) >= 11 is 0. The van der Waals surface area contributed by atoms with E-state index in [1.807, 2.05) is 12.1 Å². The van der Waals surface area contributed by atoms with Crippen molar-refractivity contribution in [2.45, 2.75) is 13.1 Å². The third-order valence-corrected chi connectivity index (χ3v) is 7.03. The summed E-state index contributed by atoms with van der Waals surface area (Å²) in [4.78, 5) is 27.9. The molecule has 2 N–H and O–H groups in total. The molecule has 12 heteroatoms. The quantitative estimate of drug-likeness (QED) is 0.552. The number of fused-ring (bicyclic) bond motifs is 1. The second kappa shape index (κ2) is 9.56. The average molecular weight is 496 g/mol. The van der Waals surface area contributed by atoms with Crippen LogP contribution in [-0.4, -0.2) is 66.3 Å². The molecule has 2 aromatic heterocycles. The van der Waals surface area contributed by atoms with Gasteiger partial charge in [-0.2, -0.15) is 4.31 Å². The summed E-state index contributed by atoms with van der Waals surface area (Å²) < 4.78 is 31.3. The molecule has 0 bridgehead atoms. The lowest BCUT2D eigenvalue weighted by Crippen LogP contribution is -2.37. The molecular formula is C23H25N7O4S. The van der Waals surface area contributed by atoms with Crippen LogP contribution in [0.1, 0.15) is 11.3 Å². The van der Waals surface area contributed by atoms with Gasteiger partial charge in [0.15, 0.2) is 5.82 Å². The van der Waals surface area contributed by atoms with Gasteiger partial charge in [-0.1, -0.05) is 0 Å². The van der Waals surface area contributed by atoms with Crippen molar-refractivity contribution < 1.29 is 17.9 Å². The summed E-state index contributed by atoms with van der Waals surface area (Å²) in [5.74, 6) is 1.25. The van der Waals surface area contributed by atoms with Crippen LogP contribution in [0, 0.1) is 0 Å². The zero-order valence-corrected chi connectivity index (χ0v) is 20.0. The van der Waals surface area contributed by atoms with E-state index in [0.717, 1.165) is 16.9 Å². The summed E-state index contributed by atoms with van der Waals surface area (Å²) in [6.45, 7) is 3.01. The fourth-order valence-electron chi connectivity index (χ4n) is 4.04. The number of benzene rings is 1. The molecule has 182 valence electrons. The van der Waals surface area contributed by atoms with Gasteiger partial charge in [-0.05, 0) is 36.4 Å². The van der Waals surface area contributed by atoms with Gasteiger partial charge in [0.05, 0.1) is 43.6 Å². The molecule has 4 heterocycles. The molecule has 0 unspecified atom stereocenters. The van der Waals surface area contributed by atoms with Crippen LogP contribution in [0.3, 0.4) is 0 Å². The second-order valence-electron chi connectivity index (χ2n) is 8.32.